The molecule has 0 aromatic heterocycles. The van der Waals surface area contributed by atoms with Crippen molar-refractivity contribution in [2.75, 3.05) is 13.7 Å². The van der Waals surface area contributed by atoms with E-state index < -0.39 is 10.0 Å². The fourth-order valence-corrected chi connectivity index (χ4v) is 4.10. The van der Waals surface area contributed by atoms with Crippen LogP contribution in [0.5, 0.6) is 11.5 Å². The van der Waals surface area contributed by atoms with Crippen LogP contribution in [-0.2, 0) is 16.4 Å². The quantitative estimate of drug-likeness (QED) is 0.923. The number of hydrogen-bond acceptors (Lipinski definition) is 4. The van der Waals surface area contributed by atoms with Gasteiger partial charge >= 0.3 is 0 Å². The number of methoxy groups -OCH3 is 1. The monoisotopic (exact) mass is 347 g/mol. The first kappa shape index (κ1) is 16.8. The molecule has 6 heteroatoms. The Morgan fingerprint density at radius 3 is 2.67 bits per heavy atom. The van der Waals surface area contributed by atoms with Gasteiger partial charge in [0.05, 0.1) is 18.0 Å². The van der Waals surface area contributed by atoms with E-state index in [0.717, 1.165) is 16.7 Å². The number of para-hydroxylation sites is 1. The summed E-state index contributed by atoms with van der Waals surface area (Å²) >= 11 is 0. The van der Waals surface area contributed by atoms with E-state index in [2.05, 4.69) is 4.72 Å². The summed E-state index contributed by atoms with van der Waals surface area (Å²) in [7, 11) is -1.99. The van der Waals surface area contributed by atoms with E-state index in [1.165, 1.54) is 0 Å². The molecule has 5 nitrogen and oxygen atoms in total. The maximum absolute atomic E-state index is 12.6. The molecule has 128 valence electrons. The SMILES string of the molecule is COc1cccc2c1OC[C@@H](NS(=O)(=O)c1ccc(C)c(C)c1)C2. The van der Waals surface area contributed by atoms with E-state index in [0.29, 0.717) is 17.9 Å². The highest BCUT2D eigenvalue weighted by molar-refractivity contribution is 7.89. The zero-order valence-corrected chi connectivity index (χ0v) is 14.8. The van der Waals surface area contributed by atoms with E-state index in [9.17, 15) is 8.42 Å². The summed E-state index contributed by atoms with van der Waals surface area (Å²) in [5, 5.41) is 0. The van der Waals surface area contributed by atoms with Crippen molar-refractivity contribution in [3.8, 4) is 11.5 Å². The molecule has 0 aliphatic carbocycles. The largest absolute Gasteiger partial charge is 0.493 e. The van der Waals surface area contributed by atoms with Crippen LogP contribution >= 0.6 is 0 Å². The van der Waals surface area contributed by atoms with Gasteiger partial charge in [-0.15, -0.1) is 0 Å². The third kappa shape index (κ3) is 3.25. The lowest BCUT2D eigenvalue weighted by molar-refractivity contribution is 0.240. The van der Waals surface area contributed by atoms with Crippen LogP contribution in [0, 0.1) is 13.8 Å². The molecule has 1 aliphatic heterocycles. The van der Waals surface area contributed by atoms with Crippen LogP contribution in [-0.4, -0.2) is 28.2 Å². The first-order valence-electron chi connectivity index (χ1n) is 7.79. The Bertz CT molecular complexity index is 861. The molecule has 0 amide bonds. The van der Waals surface area contributed by atoms with E-state index in [4.69, 9.17) is 9.47 Å². The number of aryl methyl sites for hydroxylation is 2. The number of fused-ring (bicyclic) bond motifs is 1. The molecule has 1 heterocycles. The summed E-state index contributed by atoms with van der Waals surface area (Å²) in [6, 6.07) is 10.5. The molecule has 2 aromatic rings. The van der Waals surface area contributed by atoms with Crippen LogP contribution in [0.4, 0.5) is 0 Å². The third-order valence-electron chi connectivity index (χ3n) is 4.29. The zero-order chi connectivity index (χ0) is 17.3. The summed E-state index contributed by atoms with van der Waals surface area (Å²) in [6.45, 7) is 4.14. The molecule has 0 spiro atoms. The van der Waals surface area contributed by atoms with Crippen molar-refractivity contribution in [2.24, 2.45) is 0 Å². The standard InChI is InChI=1S/C18H21NO4S/c1-12-7-8-16(9-13(12)2)24(20,21)19-15-10-14-5-4-6-17(22-3)18(14)23-11-15/h4-9,15,19H,10-11H2,1-3H3/t15-/m0/s1. The van der Waals surface area contributed by atoms with E-state index in [1.807, 2.05) is 38.1 Å². The van der Waals surface area contributed by atoms with Crippen molar-refractivity contribution < 1.29 is 17.9 Å². The highest BCUT2D eigenvalue weighted by Crippen LogP contribution is 2.34. The second-order valence-electron chi connectivity index (χ2n) is 6.03. The molecule has 0 saturated carbocycles. The summed E-state index contributed by atoms with van der Waals surface area (Å²) in [5.74, 6) is 1.37. The number of ether oxygens (including phenoxy) is 2. The molecule has 1 aliphatic rings. The van der Waals surface area contributed by atoms with Gasteiger partial charge in [0, 0.05) is 0 Å². The van der Waals surface area contributed by atoms with Crippen LogP contribution in [0.1, 0.15) is 16.7 Å². The minimum Gasteiger partial charge on any atom is -0.493 e. The van der Waals surface area contributed by atoms with Gasteiger partial charge in [0.1, 0.15) is 6.61 Å². The van der Waals surface area contributed by atoms with Gasteiger partial charge in [0.25, 0.3) is 0 Å². The minimum absolute atomic E-state index is 0.275. The predicted octanol–water partition coefficient (Wildman–Crippen LogP) is 2.59. The van der Waals surface area contributed by atoms with Crippen molar-refractivity contribution >= 4 is 10.0 Å². The molecule has 3 rings (SSSR count). The summed E-state index contributed by atoms with van der Waals surface area (Å²) < 4.78 is 39.0. The smallest absolute Gasteiger partial charge is 0.240 e. The van der Waals surface area contributed by atoms with Gasteiger partial charge in [-0.1, -0.05) is 18.2 Å². The van der Waals surface area contributed by atoms with E-state index in [1.54, 1.807) is 19.2 Å². The number of rotatable bonds is 4. The Kier molecular flexibility index (Phi) is 4.51. The molecule has 0 fully saturated rings. The average molecular weight is 347 g/mol. The van der Waals surface area contributed by atoms with Crippen LogP contribution < -0.4 is 14.2 Å². The highest BCUT2D eigenvalue weighted by atomic mass is 32.2. The van der Waals surface area contributed by atoms with Crippen molar-refractivity contribution in [3.05, 3.63) is 53.1 Å². The van der Waals surface area contributed by atoms with Crippen LogP contribution in [0.3, 0.4) is 0 Å². The predicted molar refractivity (Wildman–Crippen MR) is 92.2 cm³/mol. The van der Waals surface area contributed by atoms with Gasteiger partial charge in [-0.3, -0.25) is 0 Å². The highest BCUT2D eigenvalue weighted by Gasteiger charge is 2.27. The maximum atomic E-state index is 12.6. The minimum atomic E-state index is -3.58. The van der Waals surface area contributed by atoms with Crippen molar-refractivity contribution in [1.82, 2.24) is 4.72 Å². The van der Waals surface area contributed by atoms with Gasteiger partial charge in [-0.25, -0.2) is 13.1 Å². The topological polar surface area (TPSA) is 64.6 Å². The first-order valence-corrected chi connectivity index (χ1v) is 9.27. The lowest BCUT2D eigenvalue weighted by atomic mass is 10.0. The number of sulfonamides is 1. The van der Waals surface area contributed by atoms with Crippen LogP contribution in [0.15, 0.2) is 41.3 Å². The molecule has 24 heavy (non-hydrogen) atoms. The number of benzene rings is 2. The Balaban J connectivity index is 1.80. The summed E-state index contributed by atoms with van der Waals surface area (Å²) in [6.07, 6.45) is 0.566. The van der Waals surface area contributed by atoms with E-state index in [-0.39, 0.29) is 17.5 Å². The van der Waals surface area contributed by atoms with Crippen LogP contribution in [0.2, 0.25) is 0 Å². The Labute approximate surface area is 142 Å². The van der Waals surface area contributed by atoms with Gasteiger partial charge in [0.15, 0.2) is 11.5 Å². The Hall–Kier alpha value is -2.05. The van der Waals surface area contributed by atoms with Gasteiger partial charge < -0.3 is 9.47 Å². The summed E-state index contributed by atoms with van der Waals surface area (Å²) in [5.41, 5.74) is 2.96. The van der Waals surface area contributed by atoms with Crippen molar-refractivity contribution in [3.63, 3.8) is 0 Å². The fourth-order valence-electron chi connectivity index (χ4n) is 2.80. The maximum Gasteiger partial charge on any atom is 0.240 e. The van der Waals surface area contributed by atoms with Crippen molar-refractivity contribution in [2.45, 2.75) is 31.2 Å². The second-order valence-corrected chi connectivity index (χ2v) is 7.74. The zero-order valence-electron chi connectivity index (χ0n) is 14.0. The number of nitrogens with one attached hydrogen (secondary N) is 1. The number of hydrogen-bond donors (Lipinski definition) is 1. The average Bonchev–Trinajstić information content (AvgIpc) is 2.56. The lowest BCUT2D eigenvalue weighted by Crippen LogP contribution is -2.42. The molecule has 1 atom stereocenters. The second kappa shape index (κ2) is 6.45. The molecule has 0 unspecified atom stereocenters. The molecule has 2 aromatic carbocycles. The Morgan fingerprint density at radius 1 is 1.17 bits per heavy atom. The molecule has 0 saturated heterocycles. The Morgan fingerprint density at radius 2 is 1.96 bits per heavy atom. The van der Waals surface area contributed by atoms with E-state index >= 15 is 0 Å². The first-order chi connectivity index (χ1) is 11.4. The van der Waals surface area contributed by atoms with Crippen LogP contribution in [0.25, 0.3) is 0 Å². The molecular formula is C18H21NO4S. The molecule has 0 radical (unpaired) electrons. The molecule has 0 bridgehead atoms. The van der Waals surface area contributed by atoms with Gasteiger partial charge in [0.2, 0.25) is 10.0 Å². The van der Waals surface area contributed by atoms with Crippen molar-refractivity contribution in [1.29, 1.82) is 0 Å². The molecule has 1 N–H and O–H groups in total. The van der Waals surface area contributed by atoms with Gasteiger partial charge in [-0.2, -0.15) is 0 Å². The van der Waals surface area contributed by atoms with Gasteiger partial charge in [-0.05, 0) is 55.2 Å². The fraction of sp³-hybridized carbons (Fsp3) is 0.333. The normalized spacial score (nSPS) is 17.0. The molecular weight excluding hydrogens is 326 g/mol. The summed E-state index contributed by atoms with van der Waals surface area (Å²) in [4.78, 5) is 0.280. The lowest BCUT2D eigenvalue weighted by Gasteiger charge is -2.27. The third-order valence-corrected chi connectivity index (χ3v) is 5.80.